The van der Waals surface area contributed by atoms with Gasteiger partial charge in [-0.25, -0.2) is 0 Å². The van der Waals surface area contributed by atoms with Gasteiger partial charge in [0, 0.05) is 5.69 Å². The predicted molar refractivity (Wildman–Crippen MR) is 60.1 cm³/mol. The Hall–Kier alpha value is -0.500. The average Bonchev–Trinajstić information content (AvgIpc) is 1.97. The number of aryl methyl sites for hydroxylation is 2. The summed E-state index contributed by atoms with van der Waals surface area (Å²) >= 11 is 0. The molecule has 0 amide bonds. The molecule has 0 aliphatic carbocycles. The normalized spacial score (nSPS) is 9.33. The number of benzene rings is 1. The van der Waals surface area contributed by atoms with E-state index in [9.17, 15) is 0 Å². The van der Waals surface area contributed by atoms with Crippen LogP contribution in [0.2, 0.25) is 0 Å². The molecule has 0 aliphatic heterocycles. The summed E-state index contributed by atoms with van der Waals surface area (Å²) in [4.78, 5) is 0. The lowest BCUT2D eigenvalue weighted by atomic mass is 9.99. The van der Waals surface area contributed by atoms with Crippen LogP contribution in [0.15, 0.2) is 6.07 Å². The Morgan fingerprint density at radius 1 is 0.917 bits per heavy atom. The Morgan fingerprint density at radius 3 is 1.58 bits per heavy atom. The molecule has 0 unspecified atom stereocenters. The fourth-order valence-electron chi connectivity index (χ4n) is 1.25. The molecular formula is C10H16BrN. The standard InChI is InChI=1S/C10H15N.BrH/c1-6-5-7(2)9(4)10(11)8(6)3;/h5H,11H2,1-4H3;1H. The molecule has 0 heterocycles. The number of hydrogen-bond acceptors (Lipinski definition) is 1. The summed E-state index contributed by atoms with van der Waals surface area (Å²) in [5.74, 6) is 0. The summed E-state index contributed by atoms with van der Waals surface area (Å²) in [6.45, 7) is 8.32. The first-order valence-corrected chi connectivity index (χ1v) is 3.87. The van der Waals surface area contributed by atoms with Gasteiger partial charge in [0.2, 0.25) is 0 Å². The summed E-state index contributed by atoms with van der Waals surface area (Å²) in [6, 6.07) is 2.18. The van der Waals surface area contributed by atoms with Crippen molar-refractivity contribution in [3.05, 3.63) is 28.3 Å². The first-order chi connectivity index (χ1) is 5.04. The summed E-state index contributed by atoms with van der Waals surface area (Å²) in [5, 5.41) is 0. The average molecular weight is 230 g/mol. The molecule has 2 heteroatoms. The molecule has 2 N–H and O–H groups in total. The minimum absolute atomic E-state index is 0. The van der Waals surface area contributed by atoms with Crippen molar-refractivity contribution < 1.29 is 0 Å². The number of nitrogen functional groups attached to an aromatic ring is 1. The van der Waals surface area contributed by atoms with E-state index in [4.69, 9.17) is 5.73 Å². The van der Waals surface area contributed by atoms with Crippen LogP contribution in [-0.2, 0) is 0 Å². The van der Waals surface area contributed by atoms with Gasteiger partial charge in [0.05, 0.1) is 0 Å². The number of anilines is 1. The van der Waals surface area contributed by atoms with Crippen LogP contribution in [0.5, 0.6) is 0 Å². The zero-order valence-electron chi connectivity index (χ0n) is 8.06. The minimum Gasteiger partial charge on any atom is -0.398 e. The Labute approximate surface area is 84.7 Å². The summed E-state index contributed by atoms with van der Waals surface area (Å²) in [6.07, 6.45) is 0. The molecule has 68 valence electrons. The van der Waals surface area contributed by atoms with Crippen molar-refractivity contribution in [3.63, 3.8) is 0 Å². The first-order valence-electron chi connectivity index (χ1n) is 3.87. The molecular weight excluding hydrogens is 214 g/mol. The van der Waals surface area contributed by atoms with E-state index in [1.807, 2.05) is 0 Å². The molecule has 1 aromatic rings. The quantitative estimate of drug-likeness (QED) is 0.681. The summed E-state index contributed by atoms with van der Waals surface area (Å²) < 4.78 is 0. The molecule has 0 fully saturated rings. The van der Waals surface area contributed by atoms with Gasteiger partial charge in [0.15, 0.2) is 0 Å². The summed E-state index contributed by atoms with van der Waals surface area (Å²) in [5.41, 5.74) is 11.8. The lowest BCUT2D eigenvalue weighted by molar-refractivity contribution is 1.25. The van der Waals surface area contributed by atoms with Gasteiger partial charge in [-0.15, -0.1) is 17.0 Å². The number of hydrogen-bond donors (Lipinski definition) is 1. The van der Waals surface area contributed by atoms with E-state index in [0.29, 0.717) is 0 Å². The third kappa shape index (κ3) is 1.81. The van der Waals surface area contributed by atoms with Crippen LogP contribution in [0, 0.1) is 27.7 Å². The molecule has 1 rings (SSSR count). The van der Waals surface area contributed by atoms with Gasteiger partial charge in [0.25, 0.3) is 0 Å². The third-order valence-corrected chi connectivity index (χ3v) is 2.42. The zero-order chi connectivity index (χ0) is 8.59. The van der Waals surface area contributed by atoms with Crippen LogP contribution in [0.4, 0.5) is 5.69 Å². The molecule has 0 atom stereocenters. The molecule has 1 aromatic carbocycles. The van der Waals surface area contributed by atoms with Gasteiger partial charge < -0.3 is 5.73 Å². The van der Waals surface area contributed by atoms with E-state index >= 15 is 0 Å². The molecule has 0 aromatic heterocycles. The molecule has 0 saturated carbocycles. The molecule has 0 saturated heterocycles. The van der Waals surface area contributed by atoms with Crippen LogP contribution in [0.25, 0.3) is 0 Å². The minimum atomic E-state index is 0. The highest BCUT2D eigenvalue weighted by Gasteiger charge is 2.03. The van der Waals surface area contributed by atoms with E-state index < -0.39 is 0 Å². The zero-order valence-corrected chi connectivity index (χ0v) is 9.78. The molecule has 12 heavy (non-hydrogen) atoms. The van der Waals surface area contributed by atoms with E-state index in [1.165, 1.54) is 22.3 Å². The van der Waals surface area contributed by atoms with Gasteiger partial charge in [0.1, 0.15) is 0 Å². The Morgan fingerprint density at radius 2 is 1.25 bits per heavy atom. The maximum atomic E-state index is 5.88. The highest BCUT2D eigenvalue weighted by molar-refractivity contribution is 8.93. The maximum Gasteiger partial charge on any atom is 0.0378 e. The van der Waals surface area contributed by atoms with Crippen LogP contribution in [0.3, 0.4) is 0 Å². The Kier molecular flexibility index (Phi) is 3.78. The van der Waals surface area contributed by atoms with Gasteiger partial charge in [-0.05, 0) is 49.9 Å². The van der Waals surface area contributed by atoms with Gasteiger partial charge in [-0.1, -0.05) is 6.07 Å². The van der Waals surface area contributed by atoms with Crippen molar-refractivity contribution >= 4 is 22.7 Å². The van der Waals surface area contributed by atoms with Crippen molar-refractivity contribution in [1.29, 1.82) is 0 Å². The monoisotopic (exact) mass is 229 g/mol. The predicted octanol–water partition coefficient (Wildman–Crippen LogP) is 3.08. The van der Waals surface area contributed by atoms with Crippen molar-refractivity contribution in [2.75, 3.05) is 5.73 Å². The molecule has 0 aliphatic rings. The van der Waals surface area contributed by atoms with Crippen LogP contribution in [0.1, 0.15) is 22.3 Å². The first kappa shape index (κ1) is 11.5. The number of nitrogens with two attached hydrogens (primary N) is 1. The molecule has 0 spiro atoms. The number of halogens is 1. The van der Waals surface area contributed by atoms with Crippen molar-refractivity contribution in [2.24, 2.45) is 0 Å². The van der Waals surface area contributed by atoms with Gasteiger partial charge >= 0.3 is 0 Å². The van der Waals surface area contributed by atoms with Crippen molar-refractivity contribution in [1.82, 2.24) is 0 Å². The Balaban J connectivity index is 0.00000121. The largest absolute Gasteiger partial charge is 0.398 e. The second-order valence-corrected chi connectivity index (χ2v) is 3.17. The van der Waals surface area contributed by atoms with Crippen LogP contribution >= 0.6 is 17.0 Å². The van der Waals surface area contributed by atoms with E-state index in [0.717, 1.165) is 5.69 Å². The molecule has 0 bridgehead atoms. The summed E-state index contributed by atoms with van der Waals surface area (Å²) in [7, 11) is 0. The van der Waals surface area contributed by atoms with E-state index in [1.54, 1.807) is 0 Å². The highest BCUT2D eigenvalue weighted by Crippen LogP contribution is 2.22. The van der Waals surface area contributed by atoms with E-state index in [2.05, 4.69) is 33.8 Å². The van der Waals surface area contributed by atoms with E-state index in [-0.39, 0.29) is 17.0 Å². The van der Waals surface area contributed by atoms with Gasteiger partial charge in [-0.2, -0.15) is 0 Å². The maximum absolute atomic E-state index is 5.88. The molecule has 1 nitrogen and oxygen atoms in total. The smallest absolute Gasteiger partial charge is 0.0378 e. The number of rotatable bonds is 0. The topological polar surface area (TPSA) is 26.0 Å². The van der Waals surface area contributed by atoms with Gasteiger partial charge in [-0.3, -0.25) is 0 Å². The second kappa shape index (κ2) is 3.94. The van der Waals surface area contributed by atoms with Crippen LogP contribution < -0.4 is 5.73 Å². The lowest BCUT2D eigenvalue weighted by Gasteiger charge is -2.10. The van der Waals surface area contributed by atoms with Crippen LogP contribution in [-0.4, -0.2) is 0 Å². The highest BCUT2D eigenvalue weighted by atomic mass is 79.9. The SMILES string of the molecule is Br.Cc1cc(C)c(C)c(N)c1C. The molecule has 0 radical (unpaired) electrons. The van der Waals surface area contributed by atoms with Crippen molar-refractivity contribution in [2.45, 2.75) is 27.7 Å². The fraction of sp³-hybridized carbons (Fsp3) is 0.400. The van der Waals surface area contributed by atoms with Crippen molar-refractivity contribution in [3.8, 4) is 0 Å². The third-order valence-electron chi connectivity index (χ3n) is 2.42. The Bertz CT molecular complexity index is 266. The lowest BCUT2D eigenvalue weighted by Crippen LogP contribution is -1.98. The fourth-order valence-corrected chi connectivity index (χ4v) is 1.25. The second-order valence-electron chi connectivity index (χ2n) is 3.17.